The van der Waals surface area contributed by atoms with Crippen LogP contribution in [0, 0.1) is 12.7 Å². The van der Waals surface area contributed by atoms with E-state index in [0.717, 1.165) is 16.9 Å². The summed E-state index contributed by atoms with van der Waals surface area (Å²) in [5, 5.41) is 0. The van der Waals surface area contributed by atoms with Crippen LogP contribution in [0.15, 0.2) is 42.5 Å². The Morgan fingerprint density at radius 3 is 2.61 bits per heavy atom. The van der Waals surface area contributed by atoms with Crippen molar-refractivity contribution >= 4 is 0 Å². The van der Waals surface area contributed by atoms with E-state index in [1.54, 1.807) is 6.07 Å². The summed E-state index contributed by atoms with van der Waals surface area (Å²) in [4.78, 5) is 0. The van der Waals surface area contributed by atoms with E-state index >= 15 is 0 Å². The smallest absolute Gasteiger partial charge is 0.130 e. The fourth-order valence-electron chi connectivity index (χ4n) is 1.71. The first kappa shape index (κ1) is 12.6. The Morgan fingerprint density at radius 1 is 1.17 bits per heavy atom. The standard InChI is InChI=1S/C15H16FNO/c1-11-4-2-3-5-15(11)18-10-13-7-6-12(9-17)8-14(13)16/h2-8H,9-10,17H2,1H3. The van der Waals surface area contributed by atoms with Crippen LogP contribution in [-0.4, -0.2) is 0 Å². The Bertz CT molecular complexity index is 540. The third-order valence-corrected chi connectivity index (χ3v) is 2.83. The average Bonchev–Trinajstić information content (AvgIpc) is 2.39. The number of benzene rings is 2. The maximum Gasteiger partial charge on any atom is 0.130 e. The molecule has 0 atom stereocenters. The van der Waals surface area contributed by atoms with Gasteiger partial charge in [0.15, 0.2) is 0 Å². The molecule has 18 heavy (non-hydrogen) atoms. The topological polar surface area (TPSA) is 35.2 Å². The molecular formula is C15H16FNO. The zero-order chi connectivity index (χ0) is 13.0. The third kappa shape index (κ3) is 2.87. The Kier molecular flexibility index (Phi) is 3.95. The van der Waals surface area contributed by atoms with Gasteiger partial charge in [-0.3, -0.25) is 0 Å². The lowest BCUT2D eigenvalue weighted by molar-refractivity contribution is 0.298. The SMILES string of the molecule is Cc1ccccc1OCc1ccc(CN)cc1F. The molecule has 2 aromatic carbocycles. The Labute approximate surface area is 106 Å². The number of para-hydroxylation sites is 1. The second kappa shape index (κ2) is 5.65. The van der Waals surface area contributed by atoms with Crippen LogP contribution in [0.3, 0.4) is 0 Å². The molecule has 2 N–H and O–H groups in total. The van der Waals surface area contributed by atoms with Crippen molar-refractivity contribution in [3.05, 3.63) is 65.0 Å². The molecule has 2 nitrogen and oxygen atoms in total. The summed E-state index contributed by atoms with van der Waals surface area (Å²) in [5.74, 6) is 0.506. The number of halogens is 1. The molecule has 0 saturated carbocycles. The van der Waals surface area contributed by atoms with Crippen molar-refractivity contribution in [2.24, 2.45) is 5.73 Å². The highest BCUT2D eigenvalue weighted by atomic mass is 19.1. The molecule has 0 aliphatic rings. The van der Waals surface area contributed by atoms with Crippen LogP contribution < -0.4 is 10.5 Å². The molecule has 3 heteroatoms. The molecule has 0 fully saturated rings. The predicted molar refractivity (Wildman–Crippen MR) is 69.8 cm³/mol. The first-order valence-electron chi connectivity index (χ1n) is 5.86. The van der Waals surface area contributed by atoms with Crippen molar-refractivity contribution in [3.8, 4) is 5.75 Å². The summed E-state index contributed by atoms with van der Waals surface area (Å²) in [7, 11) is 0. The largest absolute Gasteiger partial charge is 0.489 e. The van der Waals surface area contributed by atoms with E-state index in [0.29, 0.717) is 12.1 Å². The highest BCUT2D eigenvalue weighted by molar-refractivity contribution is 5.32. The van der Waals surface area contributed by atoms with Crippen molar-refractivity contribution < 1.29 is 9.13 Å². The van der Waals surface area contributed by atoms with E-state index in [2.05, 4.69) is 0 Å². The lowest BCUT2D eigenvalue weighted by Gasteiger charge is -2.10. The summed E-state index contributed by atoms with van der Waals surface area (Å²) in [6.07, 6.45) is 0. The Hall–Kier alpha value is -1.87. The van der Waals surface area contributed by atoms with E-state index < -0.39 is 0 Å². The van der Waals surface area contributed by atoms with Gasteiger partial charge < -0.3 is 10.5 Å². The van der Waals surface area contributed by atoms with Gasteiger partial charge in [0.05, 0.1) is 0 Å². The first-order valence-corrected chi connectivity index (χ1v) is 5.86. The average molecular weight is 245 g/mol. The van der Waals surface area contributed by atoms with Crippen molar-refractivity contribution in [2.75, 3.05) is 0 Å². The van der Waals surface area contributed by atoms with Crippen molar-refractivity contribution in [3.63, 3.8) is 0 Å². The van der Waals surface area contributed by atoms with E-state index in [9.17, 15) is 4.39 Å². The van der Waals surface area contributed by atoms with Gasteiger partial charge in [-0.05, 0) is 30.2 Å². The summed E-state index contributed by atoms with van der Waals surface area (Å²) >= 11 is 0. The summed E-state index contributed by atoms with van der Waals surface area (Å²) < 4.78 is 19.3. The molecule has 0 spiro atoms. The van der Waals surface area contributed by atoms with Crippen LogP contribution in [-0.2, 0) is 13.2 Å². The second-order valence-corrected chi connectivity index (χ2v) is 4.18. The number of ether oxygens (including phenoxy) is 1. The zero-order valence-electron chi connectivity index (χ0n) is 10.3. The Morgan fingerprint density at radius 2 is 1.94 bits per heavy atom. The van der Waals surface area contributed by atoms with Crippen LogP contribution >= 0.6 is 0 Å². The minimum atomic E-state index is -0.272. The first-order chi connectivity index (χ1) is 8.70. The molecule has 0 bridgehead atoms. The van der Waals surface area contributed by atoms with Crippen LogP contribution in [0.2, 0.25) is 0 Å². The molecule has 94 valence electrons. The fraction of sp³-hybridized carbons (Fsp3) is 0.200. The van der Waals surface area contributed by atoms with Crippen molar-refractivity contribution in [1.29, 1.82) is 0 Å². The highest BCUT2D eigenvalue weighted by Crippen LogP contribution is 2.19. The van der Waals surface area contributed by atoms with Crippen LogP contribution in [0.25, 0.3) is 0 Å². The number of hydrogen-bond donors (Lipinski definition) is 1. The molecule has 0 aromatic heterocycles. The predicted octanol–water partition coefficient (Wildman–Crippen LogP) is 3.17. The molecule has 0 amide bonds. The maximum atomic E-state index is 13.7. The third-order valence-electron chi connectivity index (χ3n) is 2.83. The molecule has 0 saturated heterocycles. The van der Waals surface area contributed by atoms with Gasteiger partial charge in [-0.2, -0.15) is 0 Å². The van der Waals surface area contributed by atoms with Gasteiger partial charge in [-0.25, -0.2) is 4.39 Å². The molecular weight excluding hydrogens is 229 g/mol. The second-order valence-electron chi connectivity index (χ2n) is 4.18. The molecule has 0 heterocycles. The summed E-state index contributed by atoms with van der Waals surface area (Å²) in [5.41, 5.74) is 7.82. The molecule has 2 rings (SSSR count). The molecule has 0 aliphatic carbocycles. The normalized spacial score (nSPS) is 10.4. The number of aryl methyl sites for hydroxylation is 1. The van der Waals surface area contributed by atoms with Gasteiger partial charge in [-0.15, -0.1) is 0 Å². The summed E-state index contributed by atoms with van der Waals surface area (Å²) in [6, 6.07) is 12.7. The fourth-order valence-corrected chi connectivity index (χ4v) is 1.71. The van der Waals surface area contributed by atoms with E-state index in [1.807, 2.05) is 37.3 Å². The molecule has 2 aromatic rings. The number of hydrogen-bond acceptors (Lipinski definition) is 2. The number of rotatable bonds is 4. The lowest BCUT2D eigenvalue weighted by atomic mass is 10.1. The quantitative estimate of drug-likeness (QED) is 0.898. The van der Waals surface area contributed by atoms with Gasteiger partial charge >= 0.3 is 0 Å². The Balaban J connectivity index is 2.09. The molecule has 0 radical (unpaired) electrons. The van der Waals surface area contributed by atoms with Gasteiger partial charge in [0.2, 0.25) is 0 Å². The summed E-state index contributed by atoms with van der Waals surface area (Å²) in [6.45, 7) is 2.53. The van der Waals surface area contributed by atoms with E-state index in [4.69, 9.17) is 10.5 Å². The minimum Gasteiger partial charge on any atom is -0.489 e. The van der Waals surface area contributed by atoms with Crippen molar-refractivity contribution in [1.82, 2.24) is 0 Å². The monoisotopic (exact) mass is 245 g/mol. The van der Waals surface area contributed by atoms with E-state index in [-0.39, 0.29) is 12.4 Å². The van der Waals surface area contributed by atoms with Crippen LogP contribution in [0.5, 0.6) is 5.75 Å². The van der Waals surface area contributed by atoms with Gasteiger partial charge in [0, 0.05) is 12.1 Å². The van der Waals surface area contributed by atoms with Crippen molar-refractivity contribution in [2.45, 2.75) is 20.1 Å². The van der Waals surface area contributed by atoms with Gasteiger partial charge in [0.25, 0.3) is 0 Å². The minimum absolute atomic E-state index is 0.224. The molecule has 0 aliphatic heterocycles. The zero-order valence-corrected chi connectivity index (χ0v) is 10.3. The van der Waals surface area contributed by atoms with Gasteiger partial charge in [-0.1, -0.05) is 30.3 Å². The highest BCUT2D eigenvalue weighted by Gasteiger charge is 2.05. The maximum absolute atomic E-state index is 13.7. The lowest BCUT2D eigenvalue weighted by Crippen LogP contribution is -2.02. The van der Waals surface area contributed by atoms with Gasteiger partial charge in [0.1, 0.15) is 18.2 Å². The van der Waals surface area contributed by atoms with Crippen LogP contribution in [0.4, 0.5) is 4.39 Å². The van der Waals surface area contributed by atoms with Crippen LogP contribution in [0.1, 0.15) is 16.7 Å². The molecule has 0 unspecified atom stereocenters. The van der Waals surface area contributed by atoms with E-state index in [1.165, 1.54) is 6.07 Å². The number of nitrogens with two attached hydrogens (primary N) is 1.